The molecule has 1 aromatic carbocycles. The molecule has 0 radical (unpaired) electrons. The van der Waals surface area contributed by atoms with Crippen LogP contribution in [-0.4, -0.2) is 23.6 Å². The third kappa shape index (κ3) is 4.18. The van der Waals surface area contributed by atoms with Crippen LogP contribution in [0.5, 0.6) is 0 Å². The molecule has 1 N–H and O–H groups in total. The molecule has 0 aliphatic heterocycles. The molecule has 1 aromatic heterocycles. The van der Waals surface area contributed by atoms with Crippen molar-refractivity contribution in [3.05, 3.63) is 47.2 Å². The van der Waals surface area contributed by atoms with Crippen molar-refractivity contribution in [1.82, 2.24) is 5.16 Å². The van der Waals surface area contributed by atoms with Crippen LogP contribution in [0.3, 0.4) is 0 Å². The molecule has 2 aromatic rings. The lowest BCUT2D eigenvalue weighted by atomic mass is 10.0. The van der Waals surface area contributed by atoms with Gasteiger partial charge in [0.25, 0.3) is 5.91 Å². The number of hydrogen-bond donors (Lipinski definition) is 1. The van der Waals surface area contributed by atoms with Gasteiger partial charge in [0.1, 0.15) is 0 Å². The van der Waals surface area contributed by atoms with E-state index in [1.54, 1.807) is 25.1 Å². The van der Waals surface area contributed by atoms with E-state index in [0.717, 1.165) is 5.56 Å². The molecule has 6 heteroatoms. The van der Waals surface area contributed by atoms with Crippen molar-refractivity contribution in [1.29, 1.82) is 0 Å². The molecule has 22 heavy (non-hydrogen) atoms. The number of aromatic nitrogens is 1. The Balaban J connectivity index is 1.85. The van der Waals surface area contributed by atoms with Gasteiger partial charge in [0.05, 0.1) is 11.3 Å². The smallest absolute Gasteiger partial charge is 0.338 e. The van der Waals surface area contributed by atoms with Gasteiger partial charge in [0, 0.05) is 6.07 Å². The van der Waals surface area contributed by atoms with E-state index in [-0.39, 0.29) is 12.5 Å². The number of hydrogen-bond acceptors (Lipinski definition) is 5. The Labute approximate surface area is 128 Å². The number of carbonyl (C=O) groups is 2. The van der Waals surface area contributed by atoms with E-state index in [2.05, 4.69) is 24.3 Å². The zero-order valence-electron chi connectivity index (χ0n) is 12.8. The summed E-state index contributed by atoms with van der Waals surface area (Å²) in [5, 5.41) is 6.09. The van der Waals surface area contributed by atoms with Gasteiger partial charge >= 0.3 is 5.97 Å². The molecule has 2 rings (SSSR count). The van der Waals surface area contributed by atoms with E-state index in [9.17, 15) is 9.59 Å². The zero-order chi connectivity index (χ0) is 16.1. The van der Waals surface area contributed by atoms with Crippen molar-refractivity contribution in [2.45, 2.75) is 26.7 Å². The summed E-state index contributed by atoms with van der Waals surface area (Å²) >= 11 is 0. The van der Waals surface area contributed by atoms with Crippen molar-refractivity contribution >= 4 is 17.8 Å². The Morgan fingerprint density at radius 2 is 1.95 bits per heavy atom. The Hall–Kier alpha value is -2.63. The van der Waals surface area contributed by atoms with Crippen molar-refractivity contribution in [3.8, 4) is 0 Å². The predicted molar refractivity (Wildman–Crippen MR) is 80.7 cm³/mol. The molecule has 1 amide bonds. The first kappa shape index (κ1) is 15.8. The molecule has 0 saturated heterocycles. The zero-order valence-corrected chi connectivity index (χ0v) is 12.8. The predicted octanol–water partition coefficient (Wildman–Crippen LogP) is 2.90. The molecule has 0 aliphatic rings. The van der Waals surface area contributed by atoms with Crippen LogP contribution in [0.2, 0.25) is 0 Å². The Morgan fingerprint density at radius 1 is 1.27 bits per heavy atom. The van der Waals surface area contributed by atoms with E-state index in [0.29, 0.717) is 17.2 Å². The maximum absolute atomic E-state index is 11.8. The Bertz CT molecular complexity index is 659. The second kappa shape index (κ2) is 6.89. The quantitative estimate of drug-likeness (QED) is 0.859. The second-order valence-corrected chi connectivity index (χ2v) is 5.23. The normalized spacial score (nSPS) is 10.5. The van der Waals surface area contributed by atoms with Crippen molar-refractivity contribution in [2.24, 2.45) is 0 Å². The Kier molecular flexibility index (Phi) is 4.93. The number of amides is 1. The van der Waals surface area contributed by atoms with Crippen LogP contribution in [0.4, 0.5) is 5.88 Å². The molecule has 0 spiro atoms. The summed E-state index contributed by atoms with van der Waals surface area (Å²) in [6.07, 6.45) is 0. The number of rotatable bonds is 5. The summed E-state index contributed by atoms with van der Waals surface area (Å²) in [4.78, 5) is 23.5. The van der Waals surface area contributed by atoms with Crippen LogP contribution in [0, 0.1) is 6.92 Å². The average molecular weight is 302 g/mol. The average Bonchev–Trinajstić information content (AvgIpc) is 2.90. The highest BCUT2D eigenvalue weighted by Crippen LogP contribution is 2.15. The van der Waals surface area contributed by atoms with Gasteiger partial charge in [-0.3, -0.25) is 10.1 Å². The molecule has 0 fully saturated rings. The monoisotopic (exact) mass is 302 g/mol. The van der Waals surface area contributed by atoms with Gasteiger partial charge in [-0.15, -0.1) is 0 Å². The third-order valence-corrected chi connectivity index (χ3v) is 3.04. The van der Waals surface area contributed by atoms with E-state index in [1.807, 2.05) is 12.1 Å². The number of carbonyl (C=O) groups excluding carboxylic acids is 2. The third-order valence-electron chi connectivity index (χ3n) is 3.04. The van der Waals surface area contributed by atoms with E-state index in [4.69, 9.17) is 9.26 Å². The standard InChI is InChI=1S/C16H18N2O4/c1-10(2)12-4-6-13(7-5-12)16(20)21-9-14(19)17-15-8-11(3)18-22-15/h4-8,10H,9H2,1-3H3,(H,17,19). The van der Waals surface area contributed by atoms with Gasteiger partial charge in [0.2, 0.25) is 5.88 Å². The molecule has 1 heterocycles. The minimum Gasteiger partial charge on any atom is -0.452 e. The number of anilines is 1. The van der Waals surface area contributed by atoms with Crippen LogP contribution in [0.1, 0.15) is 41.4 Å². The van der Waals surface area contributed by atoms with Crippen LogP contribution in [0.15, 0.2) is 34.9 Å². The highest BCUT2D eigenvalue weighted by atomic mass is 16.5. The summed E-state index contributed by atoms with van der Waals surface area (Å²) in [5.74, 6) is -0.413. The lowest BCUT2D eigenvalue weighted by molar-refractivity contribution is -0.119. The van der Waals surface area contributed by atoms with Crippen molar-refractivity contribution in [3.63, 3.8) is 0 Å². The molecule has 0 saturated carbocycles. The number of benzene rings is 1. The molecular weight excluding hydrogens is 284 g/mol. The molecule has 0 bridgehead atoms. The van der Waals surface area contributed by atoms with Crippen LogP contribution in [-0.2, 0) is 9.53 Å². The van der Waals surface area contributed by atoms with Crippen LogP contribution in [0.25, 0.3) is 0 Å². The summed E-state index contributed by atoms with van der Waals surface area (Å²) in [6, 6.07) is 8.70. The lowest BCUT2D eigenvalue weighted by Gasteiger charge is -2.07. The van der Waals surface area contributed by atoms with Crippen molar-refractivity contribution < 1.29 is 18.8 Å². The van der Waals surface area contributed by atoms with Gasteiger partial charge < -0.3 is 9.26 Å². The topological polar surface area (TPSA) is 81.4 Å². The van der Waals surface area contributed by atoms with Gasteiger partial charge in [-0.25, -0.2) is 4.79 Å². The maximum Gasteiger partial charge on any atom is 0.338 e. The second-order valence-electron chi connectivity index (χ2n) is 5.23. The summed E-state index contributed by atoms with van der Waals surface area (Å²) in [5.41, 5.74) is 2.19. The molecule has 116 valence electrons. The summed E-state index contributed by atoms with van der Waals surface area (Å²) in [6.45, 7) is 5.50. The highest BCUT2D eigenvalue weighted by Gasteiger charge is 2.12. The minimum absolute atomic E-state index is 0.222. The number of nitrogens with one attached hydrogen (secondary N) is 1. The first-order valence-corrected chi connectivity index (χ1v) is 6.96. The van der Waals surface area contributed by atoms with Gasteiger partial charge in [-0.1, -0.05) is 31.1 Å². The number of esters is 1. The number of nitrogens with zero attached hydrogens (tertiary/aromatic N) is 1. The first-order chi connectivity index (χ1) is 10.5. The van der Waals surface area contributed by atoms with E-state index >= 15 is 0 Å². The molecule has 6 nitrogen and oxygen atoms in total. The molecule has 0 aliphatic carbocycles. The van der Waals surface area contributed by atoms with E-state index < -0.39 is 11.9 Å². The van der Waals surface area contributed by atoms with Crippen LogP contribution < -0.4 is 5.32 Å². The molecule has 0 atom stereocenters. The van der Waals surface area contributed by atoms with Crippen LogP contribution >= 0.6 is 0 Å². The van der Waals surface area contributed by atoms with Gasteiger partial charge in [0.15, 0.2) is 6.61 Å². The maximum atomic E-state index is 11.8. The lowest BCUT2D eigenvalue weighted by Crippen LogP contribution is -2.20. The van der Waals surface area contributed by atoms with E-state index in [1.165, 1.54) is 0 Å². The molecular formula is C16H18N2O4. The fourth-order valence-electron chi connectivity index (χ4n) is 1.81. The summed E-state index contributed by atoms with van der Waals surface area (Å²) in [7, 11) is 0. The van der Waals surface area contributed by atoms with Gasteiger partial charge in [-0.2, -0.15) is 0 Å². The minimum atomic E-state index is -0.542. The van der Waals surface area contributed by atoms with Crippen molar-refractivity contribution in [2.75, 3.05) is 11.9 Å². The molecule has 0 unspecified atom stereocenters. The number of aryl methyl sites for hydroxylation is 1. The first-order valence-electron chi connectivity index (χ1n) is 6.96. The Morgan fingerprint density at radius 3 is 2.50 bits per heavy atom. The fourth-order valence-corrected chi connectivity index (χ4v) is 1.81. The summed E-state index contributed by atoms with van der Waals surface area (Å²) < 4.78 is 9.80. The highest BCUT2D eigenvalue weighted by molar-refractivity contribution is 5.94. The SMILES string of the molecule is Cc1cc(NC(=O)COC(=O)c2ccc(C(C)C)cc2)on1. The van der Waals surface area contributed by atoms with Gasteiger partial charge in [-0.05, 0) is 30.5 Å². The number of ether oxygens (including phenoxy) is 1. The fraction of sp³-hybridized carbons (Fsp3) is 0.312. The largest absolute Gasteiger partial charge is 0.452 e.